The average molecular weight is 468 g/mol. The van der Waals surface area contributed by atoms with Crippen molar-refractivity contribution in [2.45, 2.75) is 6.17 Å². The SMILES string of the molecule is COc1cc(C2Nc3ccccc3C(=O)N2NC(=O)c2ccc(Br)cc2)ccc1O. The van der Waals surface area contributed by atoms with E-state index < -0.39 is 12.1 Å². The normalized spacial score (nSPS) is 15.2. The number of methoxy groups -OCH3 is 1. The Morgan fingerprint density at radius 3 is 2.60 bits per heavy atom. The maximum Gasteiger partial charge on any atom is 0.276 e. The molecule has 7 nitrogen and oxygen atoms in total. The highest BCUT2D eigenvalue weighted by Gasteiger charge is 2.34. The first-order valence-corrected chi connectivity index (χ1v) is 9.90. The number of amides is 2. The van der Waals surface area contributed by atoms with Gasteiger partial charge in [-0.2, -0.15) is 0 Å². The summed E-state index contributed by atoms with van der Waals surface area (Å²) < 4.78 is 6.04. The molecule has 0 saturated heterocycles. The lowest BCUT2D eigenvalue weighted by Crippen LogP contribution is -2.52. The largest absolute Gasteiger partial charge is 0.504 e. The Balaban J connectivity index is 1.73. The number of hydrogen-bond acceptors (Lipinski definition) is 5. The van der Waals surface area contributed by atoms with Crippen LogP contribution in [-0.2, 0) is 0 Å². The van der Waals surface area contributed by atoms with Crippen LogP contribution in [0.3, 0.4) is 0 Å². The zero-order valence-electron chi connectivity index (χ0n) is 15.9. The fourth-order valence-corrected chi connectivity index (χ4v) is 3.51. The van der Waals surface area contributed by atoms with Gasteiger partial charge in [0.15, 0.2) is 11.5 Å². The molecule has 1 unspecified atom stereocenters. The minimum absolute atomic E-state index is 0.0192. The number of halogens is 1. The van der Waals surface area contributed by atoms with Crippen LogP contribution in [0.1, 0.15) is 32.4 Å². The van der Waals surface area contributed by atoms with E-state index in [1.54, 1.807) is 54.6 Å². The van der Waals surface area contributed by atoms with Crippen molar-refractivity contribution in [3.05, 3.63) is 87.9 Å². The van der Waals surface area contributed by atoms with Gasteiger partial charge in [-0.25, -0.2) is 5.01 Å². The molecule has 0 spiro atoms. The third-order valence-electron chi connectivity index (χ3n) is 4.77. The Kier molecular flexibility index (Phi) is 5.33. The lowest BCUT2D eigenvalue weighted by molar-refractivity contribution is 0.0490. The van der Waals surface area contributed by atoms with Crippen molar-refractivity contribution < 1.29 is 19.4 Å². The van der Waals surface area contributed by atoms with Crippen LogP contribution in [-0.4, -0.2) is 29.0 Å². The van der Waals surface area contributed by atoms with Gasteiger partial charge >= 0.3 is 0 Å². The van der Waals surface area contributed by atoms with Crippen molar-refractivity contribution in [1.29, 1.82) is 0 Å². The predicted molar refractivity (Wildman–Crippen MR) is 115 cm³/mol. The van der Waals surface area contributed by atoms with Gasteiger partial charge in [0, 0.05) is 21.3 Å². The number of nitrogens with one attached hydrogen (secondary N) is 2. The number of aromatic hydroxyl groups is 1. The molecule has 0 saturated carbocycles. The number of carbonyl (C=O) groups excluding carboxylic acids is 2. The van der Waals surface area contributed by atoms with Crippen LogP contribution in [0.2, 0.25) is 0 Å². The summed E-state index contributed by atoms with van der Waals surface area (Å²) in [5.41, 5.74) is 4.83. The Labute approximate surface area is 181 Å². The second-order valence-corrected chi connectivity index (χ2v) is 7.56. The number of nitrogens with zero attached hydrogens (tertiary/aromatic N) is 1. The molecule has 0 fully saturated rings. The smallest absolute Gasteiger partial charge is 0.276 e. The molecule has 8 heteroatoms. The third-order valence-corrected chi connectivity index (χ3v) is 5.30. The van der Waals surface area contributed by atoms with Gasteiger partial charge in [0.2, 0.25) is 0 Å². The number of hydrazine groups is 1. The van der Waals surface area contributed by atoms with E-state index in [2.05, 4.69) is 26.7 Å². The molecule has 1 aliphatic heterocycles. The maximum atomic E-state index is 13.2. The second kappa shape index (κ2) is 8.08. The van der Waals surface area contributed by atoms with Crippen LogP contribution >= 0.6 is 15.9 Å². The molecule has 0 aromatic heterocycles. The molecular weight excluding hydrogens is 450 g/mol. The zero-order chi connectivity index (χ0) is 21.3. The number of para-hydroxylation sites is 1. The molecule has 3 aromatic rings. The molecule has 1 atom stereocenters. The number of phenolic OH excluding ortho intramolecular Hbond substituents is 1. The summed E-state index contributed by atoms with van der Waals surface area (Å²) in [7, 11) is 1.45. The molecule has 1 heterocycles. The number of rotatable bonds is 4. The van der Waals surface area contributed by atoms with Crippen LogP contribution in [0.15, 0.2) is 71.2 Å². The van der Waals surface area contributed by atoms with Gasteiger partial charge in [-0.1, -0.05) is 34.1 Å². The standard InChI is InChI=1S/C22H18BrN3O4/c1-30-19-12-14(8-11-18(19)27)20-24-17-5-3-2-4-16(17)22(29)26(20)25-21(28)13-6-9-15(23)10-7-13/h2-12,20,24,27H,1H3,(H,25,28). The monoisotopic (exact) mass is 467 g/mol. The summed E-state index contributed by atoms with van der Waals surface area (Å²) in [6, 6.07) is 18.7. The molecule has 0 radical (unpaired) electrons. The van der Waals surface area contributed by atoms with Gasteiger partial charge in [-0.15, -0.1) is 0 Å². The predicted octanol–water partition coefficient (Wildman–Crippen LogP) is 4.07. The molecule has 1 aliphatic rings. The summed E-state index contributed by atoms with van der Waals surface area (Å²) in [6.45, 7) is 0. The number of carbonyl (C=O) groups is 2. The molecule has 2 amide bonds. The number of anilines is 1. The highest BCUT2D eigenvalue weighted by molar-refractivity contribution is 9.10. The molecule has 0 bridgehead atoms. The third kappa shape index (κ3) is 3.69. The number of hydrogen-bond donors (Lipinski definition) is 3. The van der Waals surface area contributed by atoms with E-state index in [-0.39, 0.29) is 17.4 Å². The number of phenols is 1. The van der Waals surface area contributed by atoms with E-state index in [1.807, 2.05) is 6.07 Å². The molecule has 3 N–H and O–H groups in total. The van der Waals surface area contributed by atoms with E-state index in [1.165, 1.54) is 18.2 Å². The highest BCUT2D eigenvalue weighted by atomic mass is 79.9. The van der Waals surface area contributed by atoms with Crippen molar-refractivity contribution in [3.8, 4) is 11.5 Å². The van der Waals surface area contributed by atoms with Crippen LogP contribution in [0, 0.1) is 0 Å². The molecule has 0 aliphatic carbocycles. The molecular formula is C22H18BrN3O4. The quantitative estimate of drug-likeness (QED) is 0.537. The summed E-state index contributed by atoms with van der Waals surface area (Å²) in [4.78, 5) is 26.0. The first-order valence-electron chi connectivity index (χ1n) is 9.10. The minimum atomic E-state index is -0.707. The average Bonchev–Trinajstić information content (AvgIpc) is 2.76. The van der Waals surface area contributed by atoms with Crippen LogP contribution in [0.5, 0.6) is 11.5 Å². The van der Waals surface area contributed by atoms with Gasteiger partial charge < -0.3 is 15.2 Å². The lowest BCUT2D eigenvalue weighted by atomic mass is 10.0. The van der Waals surface area contributed by atoms with Crippen molar-refractivity contribution >= 4 is 33.4 Å². The van der Waals surface area contributed by atoms with E-state index in [0.29, 0.717) is 22.4 Å². The van der Waals surface area contributed by atoms with Crippen LogP contribution < -0.4 is 15.5 Å². The van der Waals surface area contributed by atoms with Crippen LogP contribution in [0.25, 0.3) is 0 Å². The van der Waals surface area contributed by atoms with Crippen molar-refractivity contribution in [2.24, 2.45) is 0 Å². The summed E-state index contributed by atoms with van der Waals surface area (Å²) >= 11 is 3.34. The van der Waals surface area contributed by atoms with E-state index >= 15 is 0 Å². The Morgan fingerprint density at radius 1 is 1.13 bits per heavy atom. The topological polar surface area (TPSA) is 90.9 Å². The van der Waals surface area contributed by atoms with Crippen molar-refractivity contribution in [3.63, 3.8) is 0 Å². The maximum absolute atomic E-state index is 13.2. The van der Waals surface area contributed by atoms with Crippen molar-refractivity contribution in [1.82, 2.24) is 10.4 Å². The summed E-state index contributed by atoms with van der Waals surface area (Å²) in [5, 5.41) is 14.5. The number of benzene rings is 3. The minimum Gasteiger partial charge on any atom is -0.504 e. The molecule has 30 heavy (non-hydrogen) atoms. The van der Waals surface area contributed by atoms with E-state index in [4.69, 9.17) is 4.74 Å². The highest BCUT2D eigenvalue weighted by Crippen LogP contribution is 2.35. The summed E-state index contributed by atoms with van der Waals surface area (Å²) in [5.74, 6) is -0.534. The number of fused-ring (bicyclic) bond motifs is 1. The van der Waals surface area contributed by atoms with Gasteiger partial charge in [-0.3, -0.25) is 15.0 Å². The van der Waals surface area contributed by atoms with E-state index in [9.17, 15) is 14.7 Å². The Bertz CT molecular complexity index is 1120. The Hall–Kier alpha value is -3.52. The van der Waals surface area contributed by atoms with Gasteiger partial charge in [0.1, 0.15) is 6.17 Å². The van der Waals surface area contributed by atoms with Crippen LogP contribution in [0.4, 0.5) is 5.69 Å². The Morgan fingerprint density at radius 2 is 1.87 bits per heavy atom. The zero-order valence-corrected chi connectivity index (χ0v) is 17.5. The first-order chi connectivity index (χ1) is 14.5. The molecule has 152 valence electrons. The fourth-order valence-electron chi connectivity index (χ4n) is 3.24. The first kappa shape index (κ1) is 19.8. The molecule has 4 rings (SSSR count). The summed E-state index contributed by atoms with van der Waals surface area (Å²) in [6.07, 6.45) is -0.707. The van der Waals surface area contributed by atoms with Gasteiger partial charge in [-0.05, 0) is 48.5 Å². The second-order valence-electron chi connectivity index (χ2n) is 6.65. The lowest BCUT2D eigenvalue weighted by Gasteiger charge is -2.37. The fraction of sp³-hybridized carbons (Fsp3) is 0.0909. The van der Waals surface area contributed by atoms with Gasteiger partial charge in [0.25, 0.3) is 11.8 Å². The van der Waals surface area contributed by atoms with Crippen molar-refractivity contribution in [2.75, 3.05) is 12.4 Å². The van der Waals surface area contributed by atoms with Gasteiger partial charge in [0.05, 0.1) is 12.7 Å². The number of ether oxygens (including phenoxy) is 1. The molecule has 3 aromatic carbocycles. The van der Waals surface area contributed by atoms with E-state index in [0.717, 1.165) is 4.47 Å².